The summed E-state index contributed by atoms with van der Waals surface area (Å²) in [4.78, 5) is 58.8. The van der Waals surface area contributed by atoms with Gasteiger partial charge in [0, 0.05) is 17.4 Å². The molecule has 2 aliphatic heterocycles. The maximum atomic E-state index is 14.5. The van der Waals surface area contributed by atoms with E-state index in [2.05, 4.69) is 31.9 Å². The monoisotopic (exact) mass is 675 g/mol. The van der Waals surface area contributed by atoms with E-state index in [0.717, 1.165) is 32.7 Å². The van der Waals surface area contributed by atoms with Crippen LogP contribution in [0, 0.1) is 5.41 Å². The normalized spacial score (nSPS) is 22.2. The van der Waals surface area contributed by atoms with Gasteiger partial charge in [0.25, 0.3) is 0 Å². The van der Waals surface area contributed by atoms with E-state index in [4.69, 9.17) is 0 Å². The van der Waals surface area contributed by atoms with Crippen LogP contribution in [0.5, 0.6) is 0 Å². The first-order chi connectivity index (χ1) is 21.4. The van der Waals surface area contributed by atoms with Gasteiger partial charge in [0.1, 0.15) is 23.5 Å². The Bertz CT molecular complexity index is 1620. The fourth-order valence-electron chi connectivity index (χ4n) is 6.87. The quantitative estimate of drug-likeness (QED) is 0.284. The van der Waals surface area contributed by atoms with E-state index in [0.29, 0.717) is 13.0 Å². The molecule has 3 N–H and O–H groups in total. The molecule has 0 bridgehead atoms. The predicted molar refractivity (Wildman–Crippen MR) is 178 cm³/mol. The Labute approximate surface area is 273 Å². The van der Waals surface area contributed by atoms with Crippen molar-refractivity contribution in [3.8, 4) is 0 Å². The summed E-state index contributed by atoms with van der Waals surface area (Å²) in [5.74, 6) is -0.852. The molecule has 0 radical (unpaired) electrons. The van der Waals surface area contributed by atoms with Crippen molar-refractivity contribution >= 4 is 50.7 Å². The topological polar surface area (TPSA) is 111 Å². The fraction of sp³-hybridized carbons (Fsp3) is 0.429. The standard InChI is InChI=1S/C35H42BrN5O4/c1-23(37-5)31(44)39-34(22-42,33(2,3)4)35-21-40(17-16-26-11-8-9-13-28(26)36)32(45)29(41(35)30(43)20-38-35)19-24-14-15-25-10-6-7-12-27(25)18-24/h6-15,18,22-23,29,37-38H,16-17,19-21H2,1-5H3,(H,39,44)/t23-,29-,34-,35+/m0/s1. The third-order valence-electron chi connectivity index (χ3n) is 9.55. The van der Waals surface area contributed by atoms with E-state index in [1.807, 2.05) is 87.5 Å². The number of benzene rings is 3. The predicted octanol–water partition coefficient (Wildman–Crippen LogP) is 3.43. The van der Waals surface area contributed by atoms with Crippen molar-refractivity contribution < 1.29 is 19.2 Å². The van der Waals surface area contributed by atoms with Gasteiger partial charge in [0.15, 0.2) is 0 Å². The maximum Gasteiger partial charge on any atom is 0.245 e. The van der Waals surface area contributed by atoms with Crippen LogP contribution in [0.2, 0.25) is 0 Å². The number of carbonyl (C=O) groups excluding carboxylic acids is 4. The summed E-state index contributed by atoms with van der Waals surface area (Å²) in [7, 11) is 1.67. The number of piperazine rings is 1. The highest BCUT2D eigenvalue weighted by molar-refractivity contribution is 9.10. The molecule has 5 rings (SSSR count). The number of carbonyl (C=O) groups is 4. The molecular formula is C35H42BrN5O4. The minimum absolute atomic E-state index is 0.0282. The number of amides is 3. The molecule has 0 aliphatic carbocycles. The minimum atomic E-state index is -1.59. The van der Waals surface area contributed by atoms with Crippen LogP contribution in [0.15, 0.2) is 71.2 Å². The summed E-state index contributed by atoms with van der Waals surface area (Å²) in [5, 5.41) is 11.5. The molecule has 0 aromatic heterocycles. The number of halogens is 1. The second-order valence-corrected chi connectivity index (χ2v) is 14.0. The van der Waals surface area contributed by atoms with Crippen LogP contribution in [0.4, 0.5) is 0 Å². The Morgan fingerprint density at radius 2 is 1.78 bits per heavy atom. The summed E-state index contributed by atoms with van der Waals surface area (Å²) in [6.45, 7) is 7.67. The number of rotatable bonds is 10. The third-order valence-corrected chi connectivity index (χ3v) is 10.3. The summed E-state index contributed by atoms with van der Waals surface area (Å²) < 4.78 is 0.943. The molecular weight excluding hydrogens is 634 g/mol. The lowest BCUT2D eigenvalue weighted by Crippen LogP contribution is -2.86. The molecule has 10 heteroatoms. The second kappa shape index (κ2) is 12.7. The highest BCUT2D eigenvalue weighted by atomic mass is 79.9. The molecule has 2 saturated heterocycles. The first-order valence-electron chi connectivity index (χ1n) is 15.4. The molecule has 9 nitrogen and oxygen atoms in total. The largest absolute Gasteiger partial charge is 0.339 e. The summed E-state index contributed by atoms with van der Waals surface area (Å²) in [6, 6.07) is 20.4. The lowest BCUT2D eigenvalue weighted by atomic mass is 9.64. The lowest BCUT2D eigenvalue weighted by Gasteiger charge is -2.60. The van der Waals surface area contributed by atoms with Crippen LogP contribution in [-0.4, -0.2) is 83.8 Å². The highest BCUT2D eigenvalue weighted by Gasteiger charge is 2.69. The van der Waals surface area contributed by atoms with E-state index >= 15 is 0 Å². The fourth-order valence-corrected chi connectivity index (χ4v) is 7.35. The smallest absolute Gasteiger partial charge is 0.245 e. The van der Waals surface area contributed by atoms with E-state index < -0.39 is 28.7 Å². The number of fused-ring (bicyclic) bond motifs is 2. The molecule has 4 atom stereocenters. The van der Waals surface area contributed by atoms with Gasteiger partial charge in [-0.2, -0.15) is 0 Å². The van der Waals surface area contributed by atoms with Gasteiger partial charge in [-0.05, 0) is 53.8 Å². The van der Waals surface area contributed by atoms with Gasteiger partial charge in [-0.25, -0.2) is 0 Å². The Morgan fingerprint density at radius 1 is 1.09 bits per heavy atom. The van der Waals surface area contributed by atoms with Crippen LogP contribution in [0.3, 0.4) is 0 Å². The van der Waals surface area contributed by atoms with Crippen LogP contribution in [0.1, 0.15) is 38.8 Å². The van der Waals surface area contributed by atoms with E-state index in [1.165, 1.54) is 0 Å². The van der Waals surface area contributed by atoms with E-state index in [-0.39, 0.29) is 37.2 Å². The molecule has 2 fully saturated rings. The van der Waals surface area contributed by atoms with E-state index in [1.54, 1.807) is 23.8 Å². The Hall–Kier alpha value is -3.60. The molecule has 2 heterocycles. The van der Waals surface area contributed by atoms with Crippen molar-refractivity contribution in [2.45, 2.75) is 63.8 Å². The van der Waals surface area contributed by atoms with Crippen LogP contribution >= 0.6 is 15.9 Å². The zero-order chi connectivity index (χ0) is 32.6. The zero-order valence-electron chi connectivity index (χ0n) is 26.5. The molecule has 3 amide bonds. The van der Waals surface area contributed by atoms with Crippen LogP contribution in [-0.2, 0) is 32.0 Å². The number of nitrogens with zero attached hydrogens (tertiary/aromatic N) is 2. The Morgan fingerprint density at radius 3 is 2.44 bits per heavy atom. The number of nitrogens with one attached hydrogen (secondary N) is 3. The van der Waals surface area contributed by atoms with Crippen LogP contribution in [0.25, 0.3) is 10.8 Å². The van der Waals surface area contributed by atoms with Gasteiger partial charge in [-0.15, -0.1) is 0 Å². The molecule has 45 heavy (non-hydrogen) atoms. The zero-order valence-corrected chi connectivity index (χ0v) is 28.1. The minimum Gasteiger partial charge on any atom is -0.339 e. The number of likely N-dealkylation sites (N-methyl/N-ethyl adjacent to an activating group) is 1. The summed E-state index contributed by atoms with van der Waals surface area (Å²) >= 11 is 3.62. The second-order valence-electron chi connectivity index (χ2n) is 13.2. The number of aldehydes is 1. The van der Waals surface area contributed by atoms with Crippen molar-refractivity contribution in [2.75, 3.05) is 26.7 Å². The number of hydrogen-bond acceptors (Lipinski definition) is 6. The van der Waals surface area contributed by atoms with Crippen molar-refractivity contribution in [2.24, 2.45) is 5.41 Å². The molecule has 238 valence electrons. The summed E-state index contributed by atoms with van der Waals surface area (Å²) in [5.41, 5.74) is -1.93. The SMILES string of the molecule is CN[C@@H](C)C(=O)N[C@@](C=O)(C(C)(C)C)[C@@]12CN(CCc3ccccc3Br)C(=O)[C@H](Cc3ccc4ccccc4c3)N1C(=O)CN2. The van der Waals surface area contributed by atoms with Crippen molar-refractivity contribution in [1.82, 2.24) is 25.8 Å². The van der Waals surface area contributed by atoms with Gasteiger partial charge in [-0.3, -0.25) is 19.7 Å². The first-order valence-corrected chi connectivity index (χ1v) is 16.2. The molecule has 0 unspecified atom stereocenters. The molecule has 3 aromatic carbocycles. The van der Waals surface area contributed by atoms with E-state index in [9.17, 15) is 19.2 Å². The van der Waals surface area contributed by atoms with Crippen molar-refractivity contribution in [3.05, 3.63) is 82.3 Å². The van der Waals surface area contributed by atoms with Gasteiger partial charge in [-0.1, -0.05) is 97.4 Å². The lowest BCUT2D eigenvalue weighted by molar-refractivity contribution is -0.173. The summed E-state index contributed by atoms with van der Waals surface area (Å²) in [6.07, 6.45) is 1.58. The molecule has 3 aromatic rings. The highest BCUT2D eigenvalue weighted by Crippen LogP contribution is 2.45. The maximum absolute atomic E-state index is 14.5. The average molecular weight is 677 g/mol. The van der Waals surface area contributed by atoms with Gasteiger partial charge in [0.05, 0.1) is 19.1 Å². The van der Waals surface area contributed by atoms with Crippen molar-refractivity contribution in [3.63, 3.8) is 0 Å². The molecule has 0 spiro atoms. The van der Waals surface area contributed by atoms with Crippen LogP contribution < -0.4 is 16.0 Å². The third kappa shape index (κ3) is 5.79. The first kappa shape index (κ1) is 32.8. The van der Waals surface area contributed by atoms with Crippen molar-refractivity contribution in [1.29, 1.82) is 0 Å². The average Bonchev–Trinajstić information content (AvgIpc) is 3.36. The molecule has 2 aliphatic rings. The Balaban J connectivity index is 1.64. The molecule has 0 saturated carbocycles. The van der Waals surface area contributed by atoms with Gasteiger partial charge in [0.2, 0.25) is 17.7 Å². The number of hydrogen-bond donors (Lipinski definition) is 3. The van der Waals surface area contributed by atoms with Gasteiger partial charge < -0.3 is 25.2 Å². The Kier molecular flexibility index (Phi) is 9.22. The van der Waals surface area contributed by atoms with Gasteiger partial charge >= 0.3 is 0 Å².